The number of halogens is 2. The van der Waals surface area contributed by atoms with Gasteiger partial charge in [-0.2, -0.15) is 12.6 Å². The average molecular weight is 341 g/mol. The van der Waals surface area contributed by atoms with Gasteiger partial charge in [0, 0.05) is 12.3 Å². The van der Waals surface area contributed by atoms with Crippen LogP contribution in [0.4, 0.5) is 11.4 Å². The van der Waals surface area contributed by atoms with Gasteiger partial charge in [-0.1, -0.05) is 41.4 Å². The summed E-state index contributed by atoms with van der Waals surface area (Å²) in [5.74, 6) is 0.410. The fraction of sp³-hybridized carbons (Fsp3) is 0.133. The zero-order valence-electron chi connectivity index (χ0n) is 11.1. The van der Waals surface area contributed by atoms with E-state index in [9.17, 15) is 4.79 Å². The molecule has 110 valence electrons. The van der Waals surface area contributed by atoms with Crippen molar-refractivity contribution < 1.29 is 4.79 Å². The van der Waals surface area contributed by atoms with E-state index < -0.39 is 0 Å². The van der Waals surface area contributed by atoms with Crippen molar-refractivity contribution in [3.63, 3.8) is 0 Å². The van der Waals surface area contributed by atoms with Crippen molar-refractivity contribution in [1.29, 1.82) is 0 Å². The highest BCUT2D eigenvalue weighted by Crippen LogP contribution is 2.33. The van der Waals surface area contributed by atoms with Crippen LogP contribution in [0.2, 0.25) is 10.0 Å². The average Bonchev–Trinajstić information content (AvgIpc) is 2.49. The lowest BCUT2D eigenvalue weighted by atomic mass is 10.1. The summed E-state index contributed by atoms with van der Waals surface area (Å²) in [5, 5.41) is 6.89. The molecule has 0 atom stereocenters. The lowest BCUT2D eigenvalue weighted by Crippen LogP contribution is -2.26. The molecule has 2 aromatic carbocycles. The standard InChI is InChI=1S/C15H14Cl2N2OS/c16-11-5-3-6-12(17)14(11)19-13-7-2-1-4-10(13)15(20)18-8-9-21/h1-7,19,21H,8-9H2,(H,18,20). The Morgan fingerprint density at radius 3 is 2.38 bits per heavy atom. The van der Waals surface area contributed by atoms with Crippen molar-refractivity contribution in [2.75, 3.05) is 17.6 Å². The van der Waals surface area contributed by atoms with Crippen LogP contribution in [0.15, 0.2) is 42.5 Å². The number of carbonyl (C=O) groups is 1. The molecular formula is C15H14Cl2N2OS. The first-order chi connectivity index (χ1) is 10.1. The van der Waals surface area contributed by atoms with Crippen LogP contribution in [0.5, 0.6) is 0 Å². The fourth-order valence-corrected chi connectivity index (χ4v) is 2.41. The second-order valence-electron chi connectivity index (χ2n) is 4.25. The van der Waals surface area contributed by atoms with E-state index in [4.69, 9.17) is 23.2 Å². The van der Waals surface area contributed by atoms with Crippen LogP contribution in [0.25, 0.3) is 0 Å². The van der Waals surface area contributed by atoms with Gasteiger partial charge in [0.25, 0.3) is 5.91 Å². The summed E-state index contributed by atoms with van der Waals surface area (Å²) in [7, 11) is 0. The van der Waals surface area contributed by atoms with E-state index in [1.54, 1.807) is 36.4 Å². The summed E-state index contributed by atoms with van der Waals surface area (Å²) >= 11 is 16.4. The maximum atomic E-state index is 12.1. The Hall–Kier alpha value is -1.36. The highest BCUT2D eigenvalue weighted by Gasteiger charge is 2.12. The summed E-state index contributed by atoms with van der Waals surface area (Å²) in [5.41, 5.74) is 1.75. The number of thiol groups is 1. The van der Waals surface area contributed by atoms with Crippen LogP contribution in [-0.2, 0) is 0 Å². The summed E-state index contributed by atoms with van der Waals surface area (Å²) in [6.45, 7) is 0.503. The van der Waals surface area contributed by atoms with E-state index >= 15 is 0 Å². The van der Waals surface area contributed by atoms with Gasteiger partial charge in [0.15, 0.2) is 0 Å². The number of para-hydroxylation sites is 2. The van der Waals surface area contributed by atoms with Crippen molar-refractivity contribution in [2.24, 2.45) is 0 Å². The number of amides is 1. The molecule has 0 aliphatic carbocycles. The number of rotatable bonds is 5. The SMILES string of the molecule is O=C(NCCS)c1ccccc1Nc1c(Cl)cccc1Cl. The van der Waals surface area contributed by atoms with Gasteiger partial charge in [0.2, 0.25) is 0 Å². The molecule has 0 aromatic heterocycles. The van der Waals surface area contributed by atoms with E-state index in [1.165, 1.54) is 0 Å². The monoisotopic (exact) mass is 340 g/mol. The Balaban J connectivity index is 2.30. The number of hydrogen-bond acceptors (Lipinski definition) is 3. The van der Waals surface area contributed by atoms with E-state index in [0.29, 0.717) is 39.3 Å². The predicted molar refractivity (Wildman–Crippen MR) is 92.4 cm³/mol. The first-order valence-corrected chi connectivity index (χ1v) is 7.71. The van der Waals surface area contributed by atoms with Crippen molar-refractivity contribution in [3.8, 4) is 0 Å². The third-order valence-electron chi connectivity index (χ3n) is 2.79. The molecule has 0 saturated heterocycles. The summed E-state index contributed by atoms with van der Waals surface area (Å²) in [6, 6.07) is 12.4. The minimum atomic E-state index is -0.171. The Labute approximate surface area is 139 Å². The molecule has 0 heterocycles. The van der Waals surface area contributed by atoms with Gasteiger partial charge in [-0.15, -0.1) is 0 Å². The van der Waals surface area contributed by atoms with Gasteiger partial charge in [0.1, 0.15) is 0 Å². The topological polar surface area (TPSA) is 41.1 Å². The molecule has 0 fully saturated rings. The van der Waals surface area contributed by atoms with E-state index in [1.807, 2.05) is 6.07 Å². The maximum absolute atomic E-state index is 12.1. The molecular weight excluding hydrogens is 327 g/mol. The molecule has 2 N–H and O–H groups in total. The second-order valence-corrected chi connectivity index (χ2v) is 5.51. The van der Waals surface area contributed by atoms with E-state index in [0.717, 1.165) is 0 Å². The highest BCUT2D eigenvalue weighted by molar-refractivity contribution is 7.80. The zero-order chi connectivity index (χ0) is 15.2. The molecule has 0 spiro atoms. The lowest BCUT2D eigenvalue weighted by molar-refractivity contribution is 0.0957. The Morgan fingerprint density at radius 1 is 1.05 bits per heavy atom. The molecule has 0 saturated carbocycles. The Morgan fingerprint density at radius 2 is 1.71 bits per heavy atom. The molecule has 6 heteroatoms. The van der Waals surface area contributed by atoms with E-state index in [-0.39, 0.29) is 5.91 Å². The molecule has 0 radical (unpaired) electrons. The van der Waals surface area contributed by atoms with Gasteiger partial charge in [0.05, 0.1) is 27.0 Å². The molecule has 3 nitrogen and oxygen atoms in total. The molecule has 2 rings (SSSR count). The fourth-order valence-electron chi connectivity index (χ4n) is 1.81. The molecule has 1 amide bonds. The summed E-state index contributed by atoms with van der Waals surface area (Å²) in [4.78, 5) is 12.1. The zero-order valence-corrected chi connectivity index (χ0v) is 13.5. The second kappa shape index (κ2) is 7.59. The van der Waals surface area contributed by atoms with Crippen LogP contribution >= 0.6 is 35.8 Å². The third kappa shape index (κ3) is 4.06. The molecule has 21 heavy (non-hydrogen) atoms. The number of carbonyl (C=O) groups excluding carboxylic acids is 1. The Bertz CT molecular complexity index is 629. The molecule has 0 bridgehead atoms. The third-order valence-corrected chi connectivity index (χ3v) is 3.65. The van der Waals surface area contributed by atoms with Crippen LogP contribution < -0.4 is 10.6 Å². The van der Waals surface area contributed by atoms with Gasteiger partial charge >= 0.3 is 0 Å². The normalized spacial score (nSPS) is 10.2. The summed E-state index contributed by atoms with van der Waals surface area (Å²) < 4.78 is 0. The van der Waals surface area contributed by atoms with Crippen molar-refractivity contribution in [3.05, 3.63) is 58.1 Å². The van der Waals surface area contributed by atoms with Crippen LogP contribution in [0, 0.1) is 0 Å². The van der Waals surface area contributed by atoms with Crippen molar-refractivity contribution in [2.45, 2.75) is 0 Å². The molecule has 2 aromatic rings. The Kier molecular flexibility index (Phi) is 5.79. The van der Waals surface area contributed by atoms with Crippen LogP contribution in [0.1, 0.15) is 10.4 Å². The van der Waals surface area contributed by atoms with Crippen molar-refractivity contribution in [1.82, 2.24) is 5.32 Å². The number of hydrogen-bond donors (Lipinski definition) is 3. The van der Waals surface area contributed by atoms with Gasteiger partial charge in [-0.05, 0) is 24.3 Å². The van der Waals surface area contributed by atoms with Crippen LogP contribution in [0.3, 0.4) is 0 Å². The lowest BCUT2D eigenvalue weighted by Gasteiger charge is -2.14. The smallest absolute Gasteiger partial charge is 0.253 e. The molecule has 0 aliphatic heterocycles. The number of anilines is 2. The van der Waals surface area contributed by atoms with Crippen LogP contribution in [-0.4, -0.2) is 18.2 Å². The van der Waals surface area contributed by atoms with Gasteiger partial charge in [-0.25, -0.2) is 0 Å². The first kappa shape index (κ1) is 16.0. The minimum Gasteiger partial charge on any atom is -0.352 e. The number of nitrogens with one attached hydrogen (secondary N) is 2. The molecule has 0 unspecified atom stereocenters. The number of benzene rings is 2. The van der Waals surface area contributed by atoms with Gasteiger partial charge < -0.3 is 10.6 Å². The van der Waals surface area contributed by atoms with Gasteiger partial charge in [-0.3, -0.25) is 4.79 Å². The first-order valence-electron chi connectivity index (χ1n) is 6.32. The van der Waals surface area contributed by atoms with Crippen molar-refractivity contribution >= 4 is 53.1 Å². The largest absolute Gasteiger partial charge is 0.352 e. The summed E-state index contributed by atoms with van der Waals surface area (Å²) in [6.07, 6.45) is 0. The minimum absolute atomic E-state index is 0.171. The quantitative estimate of drug-likeness (QED) is 0.706. The highest BCUT2D eigenvalue weighted by atomic mass is 35.5. The maximum Gasteiger partial charge on any atom is 0.253 e. The predicted octanol–water partition coefficient (Wildman–Crippen LogP) is 4.40. The molecule has 0 aliphatic rings. The van der Waals surface area contributed by atoms with E-state index in [2.05, 4.69) is 23.3 Å².